The van der Waals surface area contributed by atoms with Crippen LogP contribution in [0.2, 0.25) is 0 Å². The molecule has 0 aromatic rings. The minimum Gasteiger partial charge on any atom is -0.548 e. The zero-order chi connectivity index (χ0) is 19.0. The molecule has 0 aromatic carbocycles. The molecule has 0 saturated heterocycles. The van der Waals surface area contributed by atoms with Crippen molar-refractivity contribution < 1.29 is 30.3 Å². The smallest absolute Gasteiger partial charge is 0.281 e. The number of aliphatic carboxylic acids is 1. The second-order valence-corrected chi connectivity index (χ2v) is 6.73. The van der Waals surface area contributed by atoms with Crippen LogP contribution in [-0.2, 0) is 14.4 Å². The van der Waals surface area contributed by atoms with Crippen LogP contribution in [0.4, 0.5) is 0 Å². The lowest BCUT2D eigenvalue weighted by Crippen LogP contribution is -2.73. The first kappa shape index (κ1) is 22.3. The van der Waals surface area contributed by atoms with E-state index in [2.05, 4.69) is 16.4 Å². The van der Waals surface area contributed by atoms with E-state index >= 15 is 0 Å². The van der Waals surface area contributed by atoms with Gasteiger partial charge in [0.2, 0.25) is 5.91 Å². The minimum absolute atomic E-state index is 0.0980. The normalized spacial score (nSPS) is 17.5. The molecule has 0 fully saturated rings. The third-order valence-electron chi connectivity index (χ3n) is 4.02. The summed E-state index contributed by atoms with van der Waals surface area (Å²) < 4.78 is 0. The van der Waals surface area contributed by atoms with E-state index in [0.29, 0.717) is 12.8 Å². The number of quaternary nitrogens is 1. The van der Waals surface area contributed by atoms with Gasteiger partial charge in [0, 0.05) is 0 Å². The van der Waals surface area contributed by atoms with Crippen LogP contribution in [0, 0.1) is 11.8 Å². The van der Waals surface area contributed by atoms with Gasteiger partial charge < -0.3 is 31.4 Å². The van der Waals surface area contributed by atoms with E-state index in [1.54, 1.807) is 6.92 Å². The van der Waals surface area contributed by atoms with Crippen LogP contribution in [0.3, 0.4) is 0 Å². The molecule has 0 rings (SSSR count). The van der Waals surface area contributed by atoms with E-state index in [1.165, 1.54) is 6.92 Å². The van der Waals surface area contributed by atoms with Gasteiger partial charge in [0.25, 0.3) is 5.91 Å². The van der Waals surface area contributed by atoms with E-state index in [-0.39, 0.29) is 11.8 Å². The van der Waals surface area contributed by atoms with Gasteiger partial charge in [-0.1, -0.05) is 34.1 Å². The van der Waals surface area contributed by atoms with E-state index in [4.69, 9.17) is 0 Å². The number of nitrogens with one attached hydrogen (secondary N) is 2. The molecule has 5 unspecified atom stereocenters. The monoisotopic (exact) mass is 345 g/mol. The third-order valence-corrected chi connectivity index (χ3v) is 4.02. The standard InChI is InChI=1S/C16H31N3O5/c1-6-9(4)13(16(23)24)19-14(21)11(7-8(2)3)18-15(22)12(17)10(5)20/h8-13,20H,6-7,17H2,1-5H3,(H,18,22)(H,19,21)(H,23,24). The summed E-state index contributed by atoms with van der Waals surface area (Å²) >= 11 is 0. The van der Waals surface area contributed by atoms with E-state index in [1.807, 2.05) is 20.8 Å². The molecule has 140 valence electrons. The van der Waals surface area contributed by atoms with E-state index in [9.17, 15) is 24.6 Å². The molecule has 0 heterocycles. The average molecular weight is 345 g/mol. The van der Waals surface area contributed by atoms with Crippen molar-refractivity contribution >= 4 is 17.8 Å². The van der Waals surface area contributed by atoms with E-state index in [0.717, 1.165) is 0 Å². The highest BCUT2D eigenvalue weighted by molar-refractivity contribution is 5.91. The molecular weight excluding hydrogens is 314 g/mol. The maximum absolute atomic E-state index is 12.4. The van der Waals surface area contributed by atoms with Gasteiger partial charge in [-0.05, 0) is 25.2 Å². The molecule has 6 N–H and O–H groups in total. The van der Waals surface area contributed by atoms with Crippen molar-refractivity contribution in [1.82, 2.24) is 10.6 Å². The van der Waals surface area contributed by atoms with Gasteiger partial charge in [-0.15, -0.1) is 0 Å². The Morgan fingerprint density at radius 1 is 1.08 bits per heavy atom. The van der Waals surface area contributed by atoms with Crippen LogP contribution in [0.25, 0.3) is 0 Å². The van der Waals surface area contributed by atoms with Gasteiger partial charge in [-0.25, -0.2) is 0 Å². The zero-order valence-corrected chi connectivity index (χ0v) is 15.2. The molecule has 0 bridgehead atoms. The molecule has 5 atom stereocenters. The molecule has 24 heavy (non-hydrogen) atoms. The molecule has 0 aliphatic heterocycles. The Kier molecular flexibility index (Phi) is 9.53. The SMILES string of the molecule is CCC(C)C(NC(=O)C(CC(C)C)NC(=O)C([NH3+])C(C)O)C(=O)[O-]. The highest BCUT2D eigenvalue weighted by Crippen LogP contribution is 2.10. The molecule has 0 saturated carbocycles. The molecule has 2 amide bonds. The van der Waals surface area contributed by atoms with Crippen molar-refractivity contribution in [3.8, 4) is 0 Å². The molecule has 0 spiro atoms. The van der Waals surface area contributed by atoms with Crippen LogP contribution >= 0.6 is 0 Å². The molecule has 8 nitrogen and oxygen atoms in total. The fraction of sp³-hybridized carbons (Fsp3) is 0.812. The number of hydrogen-bond acceptors (Lipinski definition) is 5. The molecule has 0 aliphatic carbocycles. The van der Waals surface area contributed by atoms with Gasteiger partial charge in [-0.2, -0.15) is 0 Å². The molecule has 8 heteroatoms. The second-order valence-electron chi connectivity index (χ2n) is 6.73. The molecule has 0 radical (unpaired) electrons. The highest BCUT2D eigenvalue weighted by Gasteiger charge is 2.30. The summed E-state index contributed by atoms with van der Waals surface area (Å²) in [5, 5.41) is 25.7. The third kappa shape index (κ3) is 7.27. The van der Waals surface area contributed by atoms with E-state index < -0.39 is 42.0 Å². The average Bonchev–Trinajstić information content (AvgIpc) is 2.48. The summed E-state index contributed by atoms with van der Waals surface area (Å²) in [5.74, 6) is -2.69. The van der Waals surface area contributed by atoms with Crippen molar-refractivity contribution in [2.45, 2.75) is 71.7 Å². The zero-order valence-electron chi connectivity index (χ0n) is 15.2. The number of aliphatic hydroxyl groups excluding tert-OH is 1. The molecule has 0 aliphatic rings. The number of hydrogen-bond donors (Lipinski definition) is 4. The van der Waals surface area contributed by atoms with Crippen LogP contribution < -0.4 is 21.5 Å². The summed E-state index contributed by atoms with van der Waals surface area (Å²) in [7, 11) is 0. The number of carboxylic acid groups (broad SMARTS) is 1. The maximum atomic E-state index is 12.4. The Labute approximate surface area is 143 Å². The first-order valence-electron chi connectivity index (χ1n) is 8.33. The van der Waals surface area contributed by atoms with Crippen LogP contribution in [0.5, 0.6) is 0 Å². The quantitative estimate of drug-likeness (QED) is 0.354. The topological polar surface area (TPSA) is 146 Å². The molecular formula is C16H31N3O5. The Hall–Kier alpha value is -1.67. The maximum Gasteiger partial charge on any atom is 0.281 e. The first-order chi connectivity index (χ1) is 11.0. The lowest BCUT2D eigenvalue weighted by molar-refractivity contribution is -0.419. The van der Waals surface area contributed by atoms with Crippen LogP contribution in [0.1, 0.15) is 47.5 Å². The Bertz CT molecular complexity index is 439. The Balaban J connectivity index is 5.12. The minimum atomic E-state index is -1.36. The fourth-order valence-electron chi connectivity index (χ4n) is 2.12. The number of rotatable bonds is 10. The van der Waals surface area contributed by atoms with Gasteiger partial charge in [-0.3, -0.25) is 9.59 Å². The van der Waals surface area contributed by atoms with Crippen molar-refractivity contribution in [2.24, 2.45) is 11.8 Å². The number of carbonyl (C=O) groups is 3. The fourth-order valence-corrected chi connectivity index (χ4v) is 2.12. The lowest BCUT2D eigenvalue weighted by atomic mass is 9.97. The number of carbonyl (C=O) groups excluding carboxylic acids is 3. The van der Waals surface area contributed by atoms with Gasteiger partial charge in [0.15, 0.2) is 6.04 Å². The predicted molar refractivity (Wildman–Crippen MR) is 86.1 cm³/mol. The van der Waals surface area contributed by atoms with Gasteiger partial charge in [0.05, 0.1) is 12.0 Å². The first-order valence-corrected chi connectivity index (χ1v) is 8.33. The Morgan fingerprint density at radius 2 is 1.62 bits per heavy atom. The summed E-state index contributed by atoms with van der Waals surface area (Å²) in [5.41, 5.74) is 3.56. The van der Waals surface area contributed by atoms with Gasteiger partial charge in [0.1, 0.15) is 12.1 Å². The van der Waals surface area contributed by atoms with Gasteiger partial charge >= 0.3 is 0 Å². The lowest BCUT2D eigenvalue weighted by Gasteiger charge is -2.28. The number of amides is 2. The number of aliphatic hydroxyl groups is 1. The predicted octanol–water partition coefficient (Wildman–Crippen LogP) is -2.21. The summed E-state index contributed by atoms with van der Waals surface area (Å²) in [6, 6.07) is -2.94. The number of carboxylic acids is 1. The summed E-state index contributed by atoms with van der Waals surface area (Å²) in [4.78, 5) is 35.7. The van der Waals surface area contributed by atoms with Crippen LogP contribution in [0.15, 0.2) is 0 Å². The van der Waals surface area contributed by atoms with Crippen molar-refractivity contribution in [3.63, 3.8) is 0 Å². The Morgan fingerprint density at radius 3 is 2.00 bits per heavy atom. The van der Waals surface area contributed by atoms with Crippen molar-refractivity contribution in [1.29, 1.82) is 0 Å². The van der Waals surface area contributed by atoms with Crippen molar-refractivity contribution in [2.75, 3.05) is 0 Å². The largest absolute Gasteiger partial charge is 0.548 e. The van der Waals surface area contributed by atoms with Crippen molar-refractivity contribution in [3.05, 3.63) is 0 Å². The molecule has 0 aromatic heterocycles. The summed E-state index contributed by atoms with van der Waals surface area (Å²) in [6.07, 6.45) is -0.0585. The highest BCUT2D eigenvalue weighted by atomic mass is 16.4. The van der Waals surface area contributed by atoms with Crippen LogP contribution in [-0.4, -0.2) is 47.1 Å². The second kappa shape index (κ2) is 10.2. The summed E-state index contributed by atoms with van der Waals surface area (Å²) in [6.45, 7) is 8.72.